The van der Waals surface area contributed by atoms with E-state index in [0.29, 0.717) is 49.8 Å². The Morgan fingerprint density at radius 3 is 2.11 bits per heavy atom. The van der Waals surface area contributed by atoms with Crippen molar-refractivity contribution in [3.05, 3.63) is 137 Å². The molecule has 0 amide bonds. The Morgan fingerprint density at radius 1 is 0.893 bits per heavy atom. The minimum absolute atomic E-state index is 0.0504. The topological polar surface area (TPSA) is 163 Å². The van der Waals surface area contributed by atoms with Crippen LogP contribution < -0.4 is 4.72 Å². The largest absolute Gasteiger partial charge is 0.512 e. The highest BCUT2D eigenvalue weighted by Gasteiger charge is 2.43. The molecule has 1 aromatic heterocycles. The van der Waals surface area contributed by atoms with Crippen LogP contribution in [-0.4, -0.2) is 51.9 Å². The summed E-state index contributed by atoms with van der Waals surface area (Å²) in [6.45, 7) is 7.76. The number of carboxylic acid groups (broad SMARTS) is 1. The number of cyclic esters (lactones) is 1. The van der Waals surface area contributed by atoms with Gasteiger partial charge in [0.05, 0.1) is 17.6 Å². The molecule has 56 heavy (non-hydrogen) atoms. The molecule has 0 aliphatic carbocycles. The standard InChI is InChI=1S/C31H36N2O5S.C14H20O3/c1-4-17-31(18-16-23-10-7-6-8-11-23)20-27(34)29(30(35)38-31)26(5-2)24-12-9-13-25(19-24)33-39(36,37)28-15-14-22(3)21-32-28;1-2-9-14(17,11-13(15)16)10-8-12-6-4-3-5-7-12/h6-15,19,21,26,33-34H,4-5,16-18,20H2,1-3H3;3-7,17H,2,8-11H2,1H3,(H,15,16)/t26-,31-;/m1./s1. The summed E-state index contributed by atoms with van der Waals surface area (Å²) in [4.78, 5) is 28.2. The van der Waals surface area contributed by atoms with Crippen LogP contribution >= 0.6 is 0 Å². The highest BCUT2D eigenvalue weighted by Crippen LogP contribution is 2.42. The lowest BCUT2D eigenvalue weighted by Crippen LogP contribution is -2.41. The van der Waals surface area contributed by atoms with Gasteiger partial charge in [0, 0.05) is 24.2 Å². The Labute approximate surface area is 331 Å². The molecular weight excluding hydrogens is 729 g/mol. The number of ether oxygens (including phenoxy) is 1. The lowest BCUT2D eigenvalue weighted by atomic mass is 9.80. The number of aromatic nitrogens is 1. The van der Waals surface area contributed by atoms with Gasteiger partial charge in [-0.05, 0) is 92.3 Å². The lowest BCUT2D eigenvalue weighted by molar-refractivity contribution is -0.161. The van der Waals surface area contributed by atoms with Crippen LogP contribution in [-0.2, 0) is 37.2 Å². The average Bonchev–Trinajstić information content (AvgIpc) is 3.16. The number of aryl methyl sites for hydroxylation is 3. The quantitative estimate of drug-likeness (QED) is 0.0721. The fourth-order valence-electron chi connectivity index (χ4n) is 7.34. The summed E-state index contributed by atoms with van der Waals surface area (Å²) < 4.78 is 34.4. The van der Waals surface area contributed by atoms with Crippen LogP contribution in [0.1, 0.15) is 107 Å². The molecule has 11 heteroatoms. The molecule has 0 saturated heterocycles. The third-order valence-electron chi connectivity index (χ3n) is 10.1. The Hall–Kier alpha value is -5.00. The second-order valence-electron chi connectivity index (χ2n) is 14.7. The van der Waals surface area contributed by atoms with E-state index in [0.717, 1.165) is 36.0 Å². The molecule has 2 heterocycles. The zero-order valence-electron chi connectivity index (χ0n) is 32.9. The fraction of sp³-hybridized carbons (Fsp3) is 0.400. The van der Waals surface area contributed by atoms with Gasteiger partial charge in [-0.25, -0.2) is 9.78 Å². The van der Waals surface area contributed by atoms with E-state index in [2.05, 4.69) is 21.8 Å². The predicted octanol–water partition coefficient (Wildman–Crippen LogP) is 9.24. The number of rotatable bonds is 18. The van der Waals surface area contributed by atoms with Gasteiger partial charge in [0.1, 0.15) is 11.4 Å². The molecule has 4 N–H and O–H groups in total. The van der Waals surface area contributed by atoms with Gasteiger partial charge < -0.3 is 20.1 Å². The summed E-state index contributed by atoms with van der Waals surface area (Å²) in [6.07, 6.45) is 7.48. The molecule has 1 aliphatic heterocycles. The van der Waals surface area contributed by atoms with Gasteiger partial charge in [0.25, 0.3) is 10.0 Å². The minimum atomic E-state index is -3.89. The van der Waals surface area contributed by atoms with Crippen LogP contribution in [0.15, 0.2) is 120 Å². The van der Waals surface area contributed by atoms with Crippen LogP contribution in [0, 0.1) is 6.92 Å². The second-order valence-corrected chi connectivity index (χ2v) is 16.4. The van der Waals surface area contributed by atoms with Crippen molar-refractivity contribution in [2.75, 3.05) is 4.72 Å². The average molecular weight is 785 g/mol. The smallest absolute Gasteiger partial charge is 0.338 e. The number of sulfonamides is 1. The summed E-state index contributed by atoms with van der Waals surface area (Å²) in [6, 6.07) is 29.9. The van der Waals surface area contributed by atoms with Crippen LogP contribution in [0.2, 0.25) is 0 Å². The zero-order valence-corrected chi connectivity index (χ0v) is 33.7. The molecule has 0 bridgehead atoms. The SMILES string of the molecule is CCCC(O)(CCc1ccccc1)CC(=O)O.CCC[C@@]1(CCc2ccccc2)CC(O)=C([C@H](CC)c2cccc(NS(=O)(=O)c3ccc(C)cn3)c2)C(=O)O1. The molecule has 300 valence electrons. The zero-order chi connectivity index (χ0) is 40.8. The number of carboxylic acids is 1. The van der Waals surface area contributed by atoms with Crippen LogP contribution in [0.4, 0.5) is 5.69 Å². The Morgan fingerprint density at radius 2 is 1.55 bits per heavy atom. The number of hydrogen-bond donors (Lipinski definition) is 4. The molecule has 0 radical (unpaired) electrons. The third-order valence-corrected chi connectivity index (χ3v) is 11.4. The maximum atomic E-state index is 13.4. The van der Waals surface area contributed by atoms with E-state index in [1.807, 2.05) is 82.3 Å². The number of pyridine rings is 1. The van der Waals surface area contributed by atoms with Crippen molar-refractivity contribution < 1.29 is 38.1 Å². The van der Waals surface area contributed by atoms with E-state index in [1.54, 1.807) is 24.3 Å². The first-order valence-electron chi connectivity index (χ1n) is 19.4. The molecule has 4 aromatic rings. The minimum Gasteiger partial charge on any atom is -0.512 e. The van der Waals surface area contributed by atoms with Crippen molar-refractivity contribution in [3.8, 4) is 0 Å². The molecule has 0 fully saturated rings. The normalized spacial score (nSPS) is 17.2. The van der Waals surface area contributed by atoms with Crippen molar-refractivity contribution in [1.82, 2.24) is 4.98 Å². The number of aliphatic hydroxyl groups is 2. The van der Waals surface area contributed by atoms with Crippen LogP contribution in [0.5, 0.6) is 0 Å². The highest BCUT2D eigenvalue weighted by atomic mass is 32.2. The van der Waals surface area contributed by atoms with Gasteiger partial charge in [-0.15, -0.1) is 0 Å². The molecular formula is C45H56N2O8S. The number of carbonyl (C=O) groups is 2. The summed E-state index contributed by atoms with van der Waals surface area (Å²) in [7, 11) is -3.89. The summed E-state index contributed by atoms with van der Waals surface area (Å²) in [5, 5.41) is 30.2. The number of nitrogens with zero attached hydrogens (tertiary/aromatic N) is 1. The van der Waals surface area contributed by atoms with Gasteiger partial charge in [0.15, 0.2) is 5.03 Å². The third kappa shape index (κ3) is 12.5. The van der Waals surface area contributed by atoms with Crippen molar-refractivity contribution >= 4 is 27.6 Å². The van der Waals surface area contributed by atoms with Gasteiger partial charge in [-0.2, -0.15) is 8.42 Å². The van der Waals surface area contributed by atoms with Crippen molar-refractivity contribution in [2.45, 2.75) is 120 Å². The second kappa shape index (κ2) is 20.2. The fourth-order valence-corrected chi connectivity index (χ4v) is 8.32. The number of aliphatic carboxylic acids is 1. The molecule has 3 aromatic carbocycles. The first-order valence-corrected chi connectivity index (χ1v) is 20.9. The van der Waals surface area contributed by atoms with Crippen LogP contribution in [0.25, 0.3) is 0 Å². The number of carbonyl (C=O) groups excluding carboxylic acids is 1. The maximum absolute atomic E-state index is 13.4. The number of esters is 1. The molecule has 10 nitrogen and oxygen atoms in total. The molecule has 0 saturated carbocycles. The van der Waals surface area contributed by atoms with E-state index in [9.17, 15) is 28.2 Å². The van der Waals surface area contributed by atoms with Crippen molar-refractivity contribution in [2.24, 2.45) is 0 Å². The number of hydrogen-bond acceptors (Lipinski definition) is 8. The molecule has 3 atom stereocenters. The molecule has 1 aliphatic rings. The van der Waals surface area contributed by atoms with E-state index in [-0.39, 0.29) is 29.2 Å². The highest BCUT2D eigenvalue weighted by molar-refractivity contribution is 7.92. The Kier molecular flexibility index (Phi) is 15.8. The monoisotopic (exact) mass is 784 g/mol. The van der Waals surface area contributed by atoms with E-state index < -0.39 is 39.1 Å². The first kappa shape index (κ1) is 43.7. The van der Waals surface area contributed by atoms with Gasteiger partial charge in [0.2, 0.25) is 0 Å². The van der Waals surface area contributed by atoms with Gasteiger partial charge >= 0.3 is 11.9 Å². The number of anilines is 1. The summed E-state index contributed by atoms with van der Waals surface area (Å²) in [5.74, 6) is -1.85. The summed E-state index contributed by atoms with van der Waals surface area (Å²) >= 11 is 0. The van der Waals surface area contributed by atoms with Crippen molar-refractivity contribution in [1.29, 1.82) is 0 Å². The molecule has 0 spiro atoms. The predicted molar refractivity (Wildman–Crippen MR) is 219 cm³/mol. The van der Waals surface area contributed by atoms with Crippen LogP contribution in [0.3, 0.4) is 0 Å². The molecule has 1 unspecified atom stereocenters. The number of benzene rings is 3. The summed E-state index contributed by atoms with van der Waals surface area (Å²) in [5.41, 5.74) is 2.61. The lowest BCUT2D eigenvalue weighted by Gasteiger charge is -2.38. The van der Waals surface area contributed by atoms with Gasteiger partial charge in [-0.1, -0.05) is 112 Å². The maximum Gasteiger partial charge on any atom is 0.338 e. The Bertz CT molecular complexity index is 2020. The number of nitrogens with one attached hydrogen (secondary N) is 1. The van der Waals surface area contributed by atoms with Crippen molar-refractivity contribution in [3.63, 3.8) is 0 Å². The van der Waals surface area contributed by atoms with E-state index >= 15 is 0 Å². The Balaban J connectivity index is 0.000000343. The van der Waals surface area contributed by atoms with Gasteiger partial charge in [-0.3, -0.25) is 9.52 Å². The van der Waals surface area contributed by atoms with E-state index in [4.69, 9.17) is 9.84 Å². The van der Waals surface area contributed by atoms with E-state index in [1.165, 1.54) is 12.3 Å². The number of aliphatic hydroxyl groups excluding tert-OH is 1. The first-order chi connectivity index (χ1) is 26.7. The molecule has 5 rings (SSSR count).